The van der Waals surface area contributed by atoms with E-state index in [9.17, 15) is 4.79 Å². The van der Waals surface area contributed by atoms with Crippen LogP contribution in [0.2, 0.25) is 0 Å². The zero-order chi connectivity index (χ0) is 19.8. The highest BCUT2D eigenvalue weighted by Gasteiger charge is 2.19. The zero-order valence-electron chi connectivity index (χ0n) is 16.7. The molecular weight excluding hydrogens is 348 g/mol. The van der Waals surface area contributed by atoms with Gasteiger partial charge < -0.3 is 9.47 Å². The Labute approximate surface area is 164 Å². The van der Waals surface area contributed by atoms with Crippen molar-refractivity contribution in [3.63, 3.8) is 0 Å². The maximum Gasteiger partial charge on any atom is 0.254 e. The Morgan fingerprint density at radius 3 is 2.61 bits per heavy atom. The number of hydrogen-bond acceptors (Lipinski definition) is 3. The number of pyridine rings is 1. The van der Waals surface area contributed by atoms with E-state index in [-0.39, 0.29) is 5.91 Å². The molecule has 28 heavy (non-hydrogen) atoms. The molecular formula is C23H24N4O. The number of aryl methyl sites for hydroxylation is 3. The SMILES string of the molecule is CCn1c(CN(C)C(=O)c2cc(C)nc3ccc(C)cc23)nc2ccccc21. The summed E-state index contributed by atoms with van der Waals surface area (Å²) in [6, 6.07) is 16.0. The molecule has 0 bridgehead atoms. The first-order valence-corrected chi connectivity index (χ1v) is 9.55. The normalized spacial score (nSPS) is 11.3. The van der Waals surface area contributed by atoms with E-state index in [1.54, 1.807) is 4.90 Å². The highest BCUT2D eigenvalue weighted by molar-refractivity contribution is 6.06. The van der Waals surface area contributed by atoms with Gasteiger partial charge in [0.25, 0.3) is 5.91 Å². The predicted octanol–water partition coefficient (Wildman–Crippen LogP) is 4.49. The van der Waals surface area contributed by atoms with E-state index in [1.165, 1.54) is 0 Å². The van der Waals surface area contributed by atoms with Crippen molar-refractivity contribution in [3.05, 3.63) is 71.2 Å². The molecule has 4 rings (SSSR count). The summed E-state index contributed by atoms with van der Waals surface area (Å²) in [5.74, 6) is 0.877. The lowest BCUT2D eigenvalue weighted by atomic mass is 10.0. The fourth-order valence-electron chi connectivity index (χ4n) is 3.74. The van der Waals surface area contributed by atoms with Crippen LogP contribution in [0, 0.1) is 13.8 Å². The molecule has 5 nitrogen and oxygen atoms in total. The average Bonchev–Trinajstić information content (AvgIpc) is 3.04. The average molecular weight is 372 g/mol. The summed E-state index contributed by atoms with van der Waals surface area (Å²) in [4.78, 5) is 24.4. The quantitative estimate of drug-likeness (QED) is 0.530. The molecule has 2 aromatic carbocycles. The molecule has 0 spiro atoms. The molecule has 0 atom stereocenters. The molecule has 0 radical (unpaired) electrons. The van der Waals surface area contributed by atoms with Gasteiger partial charge in [-0.1, -0.05) is 23.8 Å². The van der Waals surface area contributed by atoms with Gasteiger partial charge >= 0.3 is 0 Å². The number of benzene rings is 2. The summed E-state index contributed by atoms with van der Waals surface area (Å²) >= 11 is 0. The minimum Gasteiger partial charge on any atom is -0.334 e. The first kappa shape index (κ1) is 18.2. The number of nitrogens with zero attached hydrogens (tertiary/aromatic N) is 4. The molecule has 0 aliphatic heterocycles. The van der Waals surface area contributed by atoms with Crippen molar-refractivity contribution in [1.29, 1.82) is 0 Å². The maximum atomic E-state index is 13.3. The van der Waals surface area contributed by atoms with Crippen LogP contribution in [0.1, 0.15) is 34.4 Å². The van der Waals surface area contributed by atoms with Crippen LogP contribution in [-0.4, -0.2) is 32.4 Å². The number of carbonyl (C=O) groups is 1. The number of fused-ring (bicyclic) bond motifs is 2. The van der Waals surface area contributed by atoms with Gasteiger partial charge in [-0.15, -0.1) is 0 Å². The van der Waals surface area contributed by atoms with Gasteiger partial charge in [-0.25, -0.2) is 4.98 Å². The van der Waals surface area contributed by atoms with Crippen LogP contribution in [0.5, 0.6) is 0 Å². The van der Waals surface area contributed by atoms with Crippen molar-refractivity contribution in [3.8, 4) is 0 Å². The lowest BCUT2D eigenvalue weighted by molar-refractivity contribution is 0.0782. The van der Waals surface area contributed by atoms with E-state index in [2.05, 4.69) is 22.5 Å². The van der Waals surface area contributed by atoms with Gasteiger partial charge in [0.2, 0.25) is 0 Å². The highest BCUT2D eigenvalue weighted by atomic mass is 16.2. The molecule has 0 fully saturated rings. The Bertz CT molecular complexity index is 1190. The Balaban J connectivity index is 1.72. The third kappa shape index (κ3) is 3.13. The van der Waals surface area contributed by atoms with Crippen LogP contribution in [0.4, 0.5) is 0 Å². The van der Waals surface area contributed by atoms with Gasteiger partial charge in [-0.2, -0.15) is 0 Å². The summed E-state index contributed by atoms with van der Waals surface area (Å²) in [5.41, 5.74) is 5.55. The lowest BCUT2D eigenvalue weighted by Crippen LogP contribution is -2.28. The number of para-hydroxylation sites is 2. The van der Waals surface area contributed by atoms with E-state index in [0.717, 1.165) is 45.6 Å². The van der Waals surface area contributed by atoms with Crippen LogP contribution in [0.3, 0.4) is 0 Å². The number of amides is 1. The van der Waals surface area contributed by atoms with Crippen LogP contribution in [0.15, 0.2) is 48.5 Å². The summed E-state index contributed by atoms with van der Waals surface area (Å²) in [5, 5.41) is 0.895. The van der Waals surface area contributed by atoms with Crippen LogP contribution < -0.4 is 0 Å². The summed E-state index contributed by atoms with van der Waals surface area (Å²) in [7, 11) is 1.83. The second kappa shape index (κ2) is 7.08. The fourth-order valence-corrected chi connectivity index (χ4v) is 3.74. The Kier molecular flexibility index (Phi) is 4.59. The number of hydrogen-bond donors (Lipinski definition) is 0. The molecule has 2 heterocycles. The number of carbonyl (C=O) groups excluding carboxylic acids is 1. The highest BCUT2D eigenvalue weighted by Crippen LogP contribution is 2.23. The molecule has 0 N–H and O–H groups in total. The topological polar surface area (TPSA) is 51.0 Å². The minimum absolute atomic E-state index is 0.0178. The molecule has 5 heteroatoms. The van der Waals surface area contributed by atoms with Gasteiger partial charge in [-0.3, -0.25) is 9.78 Å². The first-order chi connectivity index (χ1) is 13.5. The van der Waals surface area contributed by atoms with Crippen LogP contribution in [-0.2, 0) is 13.1 Å². The van der Waals surface area contributed by atoms with E-state index >= 15 is 0 Å². The van der Waals surface area contributed by atoms with Crippen molar-refractivity contribution in [2.24, 2.45) is 0 Å². The standard InChI is InChI=1S/C23H24N4O/c1-5-27-21-9-7-6-8-20(21)25-22(27)14-26(4)23(28)18-13-16(3)24-19-11-10-15(2)12-17(18)19/h6-13H,5,14H2,1-4H3. The molecule has 0 saturated carbocycles. The third-order valence-electron chi connectivity index (χ3n) is 5.10. The molecule has 0 unspecified atom stereocenters. The molecule has 1 amide bonds. The van der Waals surface area contributed by atoms with E-state index in [1.807, 2.05) is 63.4 Å². The Morgan fingerprint density at radius 2 is 1.82 bits per heavy atom. The van der Waals surface area contributed by atoms with Crippen molar-refractivity contribution in [1.82, 2.24) is 19.4 Å². The third-order valence-corrected chi connectivity index (χ3v) is 5.10. The minimum atomic E-state index is -0.0178. The molecule has 4 aromatic rings. The van der Waals surface area contributed by atoms with Crippen LogP contribution in [0.25, 0.3) is 21.9 Å². The molecule has 0 saturated heterocycles. The zero-order valence-corrected chi connectivity index (χ0v) is 16.7. The van der Waals surface area contributed by atoms with Gasteiger partial charge in [-0.05, 0) is 51.1 Å². The predicted molar refractivity (Wildman–Crippen MR) is 112 cm³/mol. The van der Waals surface area contributed by atoms with Gasteiger partial charge in [0.15, 0.2) is 0 Å². The Morgan fingerprint density at radius 1 is 1.04 bits per heavy atom. The van der Waals surface area contributed by atoms with Crippen molar-refractivity contribution in [2.45, 2.75) is 33.9 Å². The van der Waals surface area contributed by atoms with E-state index < -0.39 is 0 Å². The smallest absolute Gasteiger partial charge is 0.254 e. The second-order valence-corrected chi connectivity index (χ2v) is 7.25. The van der Waals surface area contributed by atoms with Gasteiger partial charge in [0, 0.05) is 24.7 Å². The second-order valence-electron chi connectivity index (χ2n) is 7.25. The largest absolute Gasteiger partial charge is 0.334 e. The van der Waals surface area contributed by atoms with Crippen molar-refractivity contribution < 1.29 is 4.79 Å². The summed E-state index contributed by atoms with van der Waals surface area (Å²) < 4.78 is 2.17. The maximum absolute atomic E-state index is 13.3. The first-order valence-electron chi connectivity index (χ1n) is 9.55. The van der Waals surface area contributed by atoms with Crippen molar-refractivity contribution >= 4 is 27.8 Å². The summed E-state index contributed by atoms with van der Waals surface area (Å²) in [6.07, 6.45) is 0. The fraction of sp³-hybridized carbons (Fsp3) is 0.261. The van der Waals surface area contributed by atoms with Crippen molar-refractivity contribution in [2.75, 3.05) is 7.05 Å². The van der Waals surface area contributed by atoms with Gasteiger partial charge in [0.05, 0.1) is 28.7 Å². The molecule has 0 aliphatic rings. The van der Waals surface area contributed by atoms with Gasteiger partial charge in [0.1, 0.15) is 5.82 Å². The lowest BCUT2D eigenvalue weighted by Gasteiger charge is -2.19. The monoisotopic (exact) mass is 372 g/mol. The van der Waals surface area contributed by atoms with E-state index in [4.69, 9.17) is 4.98 Å². The molecule has 2 aromatic heterocycles. The number of imidazole rings is 1. The van der Waals surface area contributed by atoms with E-state index in [0.29, 0.717) is 12.1 Å². The molecule has 142 valence electrons. The number of aromatic nitrogens is 3. The summed E-state index contributed by atoms with van der Waals surface area (Å²) in [6.45, 7) is 7.32. The Hall–Kier alpha value is -3.21. The molecule has 0 aliphatic carbocycles. The number of rotatable bonds is 4. The van der Waals surface area contributed by atoms with Crippen LogP contribution >= 0.6 is 0 Å².